The Morgan fingerprint density at radius 1 is 1.13 bits per heavy atom. The van der Waals surface area contributed by atoms with Crippen molar-refractivity contribution in [1.82, 2.24) is 9.03 Å². The van der Waals surface area contributed by atoms with Gasteiger partial charge in [-0.05, 0) is 59.8 Å². The van der Waals surface area contributed by atoms with Gasteiger partial charge in [-0.15, -0.1) is 11.3 Å². The number of halogens is 1. The van der Waals surface area contributed by atoms with Gasteiger partial charge in [0.15, 0.2) is 0 Å². The number of nitrogens with zero attached hydrogens (tertiary/aromatic N) is 1. The normalized spacial score (nSPS) is 15.8. The number of anilines is 1. The highest BCUT2D eigenvalue weighted by Gasteiger charge is 2.28. The Kier molecular flexibility index (Phi) is 7.85. The number of sulfonamides is 2. The Balaban J connectivity index is 1.65. The van der Waals surface area contributed by atoms with Crippen LogP contribution in [-0.4, -0.2) is 58.2 Å². The lowest BCUT2D eigenvalue weighted by molar-refractivity contribution is -0.115. The number of benzene rings is 1. The molecule has 0 spiro atoms. The molecule has 164 valence electrons. The molecule has 1 aromatic carbocycles. The Labute approximate surface area is 198 Å². The average Bonchev–Trinajstić information content (AvgIpc) is 3.08. The van der Waals surface area contributed by atoms with Gasteiger partial charge in [-0.2, -0.15) is 16.1 Å². The van der Waals surface area contributed by atoms with Crippen molar-refractivity contribution >= 4 is 77.3 Å². The van der Waals surface area contributed by atoms with Gasteiger partial charge in [0.1, 0.15) is 4.21 Å². The maximum absolute atomic E-state index is 12.8. The Morgan fingerprint density at radius 3 is 2.40 bits per heavy atom. The highest BCUT2D eigenvalue weighted by Crippen LogP contribution is 2.32. The summed E-state index contributed by atoms with van der Waals surface area (Å²) < 4.78 is 55.0. The fourth-order valence-corrected chi connectivity index (χ4v) is 8.14. The third-order valence-electron chi connectivity index (χ3n) is 4.28. The zero-order valence-corrected chi connectivity index (χ0v) is 21.3. The van der Waals surface area contributed by atoms with E-state index in [4.69, 9.17) is 0 Å². The number of hydrogen-bond acceptors (Lipinski definition) is 7. The van der Waals surface area contributed by atoms with Crippen LogP contribution >= 0.6 is 45.7 Å². The van der Waals surface area contributed by atoms with E-state index in [0.29, 0.717) is 23.7 Å². The molecule has 0 aliphatic carbocycles. The van der Waals surface area contributed by atoms with E-state index >= 15 is 0 Å². The van der Waals surface area contributed by atoms with Crippen LogP contribution < -0.4 is 10.0 Å². The molecule has 0 unspecified atom stereocenters. The molecule has 13 heteroatoms. The molecule has 1 aromatic heterocycles. The van der Waals surface area contributed by atoms with Crippen LogP contribution in [0, 0.1) is 10.5 Å². The number of amides is 1. The van der Waals surface area contributed by atoms with Crippen molar-refractivity contribution in [3.05, 3.63) is 38.8 Å². The van der Waals surface area contributed by atoms with Gasteiger partial charge in [-0.25, -0.2) is 21.6 Å². The molecule has 0 saturated carbocycles. The van der Waals surface area contributed by atoms with E-state index in [1.165, 1.54) is 22.5 Å². The molecular formula is C17H20IN3O5S4. The van der Waals surface area contributed by atoms with Crippen LogP contribution in [0.1, 0.15) is 4.88 Å². The third kappa shape index (κ3) is 5.75. The van der Waals surface area contributed by atoms with Crippen LogP contribution in [0.2, 0.25) is 0 Å². The molecule has 0 atom stereocenters. The average molecular weight is 602 g/mol. The van der Waals surface area contributed by atoms with E-state index in [1.54, 1.807) is 30.8 Å². The minimum absolute atomic E-state index is 0.0653. The lowest BCUT2D eigenvalue weighted by Gasteiger charge is -2.24. The smallest absolute Gasteiger partial charge is 0.252 e. The molecule has 2 N–H and O–H groups in total. The molecule has 1 amide bonds. The summed E-state index contributed by atoms with van der Waals surface area (Å²) in [4.78, 5) is 13.0. The van der Waals surface area contributed by atoms with Crippen molar-refractivity contribution in [1.29, 1.82) is 0 Å². The van der Waals surface area contributed by atoms with Crippen LogP contribution in [-0.2, 0) is 24.8 Å². The minimum atomic E-state index is -3.82. The molecule has 1 fully saturated rings. The van der Waals surface area contributed by atoms with E-state index in [-0.39, 0.29) is 9.10 Å². The van der Waals surface area contributed by atoms with Crippen molar-refractivity contribution < 1.29 is 21.6 Å². The van der Waals surface area contributed by atoms with Crippen molar-refractivity contribution in [2.45, 2.75) is 16.0 Å². The fourth-order valence-electron chi connectivity index (χ4n) is 2.67. The SMILES string of the molecule is Cc1sc(S(=O)(=O)N2CCSCC2)cc1NC(=O)CNS(=O)(=O)c1ccc(I)cc1. The largest absolute Gasteiger partial charge is 0.324 e. The van der Waals surface area contributed by atoms with Crippen LogP contribution in [0.3, 0.4) is 0 Å². The molecule has 1 aliphatic heterocycles. The number of thioether (sulfide) groups is 1. The van der Waals surface area contributed by atoms with E-state index in [9.17, 15) is 21.6 Å². The highest BCUT2D eigenvalue weighted by atomic mass is 127. The first-order valence-corrected chi connectivity index (χ1v) is 14.8. The minimum Gasteiger partial charge on any atom is -0.324 e. The molecule has 8 nitrogen and oxygen atoms in total. The zero-order valence-electron chi connectivity index (χ0n) is 15.9. The van der Waals surface area contributed by atoms with E-state index in [1.807, 2.05) is 0 Å². The second-order valence-electron chi connectivity index (χ2n) is 6.38. The summed E-state index contributed by atoms with van der Waals surface area (Å²) >= 11 is 4.87. The number of carbonyl (C=O) groups excluding carboxylic acids is 1. The molecule has 1 aliphatic rings. The summed E-state index contributed by atoms with van der Waals surface area (Å²) in [5.41, 5.74) is 0.364. The summed E-state index contributed by atoms with van der Waals surface area (Å²) in [5.74, 6) is 0.935. The predicted octanol–water partition coefficient (Wildman–Crippen LogP) is 2.32. The summed E-state index contributed by atoms with van der Waals surface area (Å²) in [6.45, 7) is 2.17. The van der Waals surface area contributed by atoms with E-state index in [0.717, 1.165) is 26.4 Å². The highest BCUT2D eigenvalue weighted by molar-refractivity contribution is 14.1. The summed E-state index contributed by atoms with van der Waals surface area (Å²) in [5, 5.41) is 2.60. The number of thiophene rings is 1. The van der Waals surface area contributed by atoms with Gasteiger partial charge >= 0.3 is 0 Å². The molecule has 30 heavy (non-hydrogen) atoms. The van der Waals surface area contributed by atoms with Crippen molar-refractivity contribution in [2.75, 3.05) is 36.5 Å². The number of carbonyl (C=O) groups is 1. The van der Waals surface area contributed by atoms with Gasteiger partial charge in [0.2, 0.25) is 15.9 Å². The van der Waals surface area contributed by atoms with Gasteiger partial charge in [0, 0.05) is 33.0 Å². The van der Waals surface area contributed by atoms with Crippen molar-refractivity contribution in [2.24, 2.45) is 0 Å². The first-order chi connectivity index (χ1) is 14.1. The number of nitrogens with one attached hydrogen (secondary N) is 2. The van der Waals surface area contributed by atoms with Crippen LogP contribution in [0.25, 0.3) is 0 Å². The van der Waals surface area contributed by atoms with Crippen LogP contribution in [0.4, 0.5) is 5.69 Å². The lowest BCUT2D eigenvalue weighted by atomic mass is 10.4. The Hall–Kier alpha value is -0.710. The third-order valence-corrected chi connectivity index (χ3v) is 10.8. The molecule has 0 bridgehead atoms. The number of aryl methyl sites for hydroxylation is 1. The van der Waals surface area contributed by atoms with E-state index < -0.39 is 32.5 Å². The molecular weight excluding hydrogens is 581 g/mol. The second kappa shape index (κ2) is 9.83. The monoisotopic (exact) mass is 601 g/mol. The number of rotatable bonds is 7. The first kappa shape index (κ1) is 23.9. The fraction of sp³-hybridized carbons (Fsp3) is 0.353. The predicted molar refractivity (Wildman–Crippen MR) is 128 cm³/mol. The van der Waals surface area contributed by atoms with Crippen molar-refractivity contribution in [3.8, 4) is 0 Å². The second-order valence-corrected chi connectivity index (χ2v) is 14.0. The summed E-state index contributed by atoms with van der Waals surface area (Å²) in [7, 11) is -7.42. The summed E-state index contributed by atoms with van der Waals surface area (Å²) in [6.07, 6.45) is 0. The maximum atomic E-state index is 12.8. The molecule has 2 heterocycles. The Morgan fingerprint density at radius 2 is 1.77 bits per heavy atom. The zero-order chi connectivity index (χ0) is 21.9. The standard InChI is InChI=1S/C17H20IN3O5S4/c1-12-15(10-17(28-12)30(25,26)21-6-8-27-9-7-21)20-16(22)11-19-29(23,24)14-4-2-13(18)3-5-14/h2-5,10,19H,6-9,11H2,1H3,(H,20,22). The summed E-state index contributed by atoms with van der Waals surface area (Å²) in [6, 6.07) is 7.67. The topological polar surface area (TPSA) is 113 Å². The molecule has 2 aromatic rings. The maximum Gasteiger partial charge on any atom is 0.252 e. The molecule has 1 saturated heterocycles. The first-order valence-electron chi connectivity index (χ1n) is 8.83. The quantitative estimate of drug-likeness (QED) is 0.472. The van der Waals surface area contributed by atoms with Gasteiger partial charge in [0.25, 0.3) is 10.0 Å². The van der Waals surface area contributed by atoms with Gasteiger partial charge in [-0.1, -0.05) is 0 Å². The van der Waals surface area contributed by atoms with Crippen molar-refractivity contribution in [3.63, 3.8) is 0 Å². The number of hydrogen-bond donors (Lipinski definition) is 2. The van der Waals surface area contributed by atoms with Crippen LogP contribution in [0.15, 0.2) is 39.4 Å². The Bertz CT molecular complexity index is 1120. The van der Waals surface area contributed by atoms with Gasteiger partial charge < -0.3 is 5.32 Å². The lowest BCUT2D eigenvalue weighted by Crippen LogP contribution is -2.37. The van der Waals surface area contributed by atoms with Crippen LogP contribution in [0.5, 0.6) is 0 Å². The van der Waals surface area contributed by atoms with Gasteiger partial charge in [0.05, 0.1) is 17.1 Å². The molecule has 3 rings (SSSR count). The van der Waals surface area contributed by atoms with E-state index in [2.05, 4.69) is 32.6 Å². The van der Waals surface area contributed by atoms with Gasteiger partial charge in [-0.3, -0.25) is 4.79 Å². The molecule has 0 radical (unpaired) electrons.